The number of rotatable bonds is 6. The third-order valence-corrected chi connectivity index (χ3v) is 12.6. The van der Waals surface area contributed by atoms with Crippen molar-refractivity contribution in [2.75, 3.05) is 4.90 Å². The Morgan fingerprint density at radius 2 is 0.964 bits per heavy atom. The highest BCUT2D eigenvalue weighted by atomic mass is 32.2. The summed E-state index contributed by atoms with van der Waals surface area (Å²) in [7, 11) is 0. The minimum Gasteiger partial charge on any atom is -0.310 e. The van der Waals surface area contributed by atoms with Crippen LogP contribution in [-0.4, -0.2) is 15.0 Å². The Labute approximate surface area is 326 Å². The Kier molecular flexibility index (Phi) is 7.57. The fraction of sp³-hybridized carbons (Fsp3) is 0. The van der Waals surface area contributed by atoms with E-state index in [1.54, 1.807) is 0 Å². The van der Waals surface area contributed by atoms with Gasteiger partial charge in [-0.15, -0.1) is 11.3 Å². The van der Waals surface area contributed by atoms with Gasteiger partial charge in [-0.1, -0.05) is 139 Å². The second kappa shape index (κ2) is 13.1. The van der Waals surface area contributed by atoms with E-state index in [-0.39, 0.29) is 0 Å². The van der Waals surface area contributed by atoms with Crippen molar-refractivity contribution in [2.24, 2.45) is 0 Å². The number of nitrogens with zero attached hydrogens (tertiary/aromatic N) is 4. The predicted molar refractivity (Wildman–Crippen MR) is 231 cm³/mol. The van der Waals surface area contributed by atoms with Crippen molar-refractivity contribution in [1.82, 2.24) is 15.0 Å². The summed E-state index contributed by atoms with van der Waals surface area (Å²) in [6.45, 7) is 0. The van der Waals surface area contributed by atoms with Crippen molar-refractivity contribution in [2.45, 2.75) is 9.79 Å². The molecular formula is C49H30N4S2. The molecule has 0 spiro atoms. The van der Waals surface area contributed by atoms with Crippen LogP contribution in [0.15, 0.2) is 192 Å². The molecule has 1 aliphatic heterocycles. The molecule has 11 rings (SSSR count). The number of hydrogen-bond acceptors (Lipinski definition) is 6. The van der Waals surface area contributed by atoms with Crippen molar-refractivity contribution in [3.05, 3.63) is 182 Å². The number of para-hydroxylation sites is 1. The van der Waals surface area contributed by atoms with Crippen LogP contribution in [0.2, 0.25) is 0 Å². The first-order chi connectivity index (χ1) is 27.2. The van der Waals surface area contributed by atoms with Gasteiger partial charge in [0, 0.05) is 69.1 Å². The summed E-state index contributed by atoms with van der Waals surface area (Å²) in [6, 6.07) is 64.5. The second-order valence-corrected chi connectivity index (χ2v) is 15.8. The van der Waals surface area contributed by atoms with Gasteiger partial charge < -0.3 is 4.90 Å². The zero-order valence-electron chi connectivity index (χ0n) is 29.4. The molecule has 3 heterocycles. The van der Waals surface area contributed by atoms with Crippen LogP contribution < -0.4 is 4.90 Å². The van der Waals surface area contributed by atoms with E-state index in [4.69, 9.17) is 15.0 Å². The van der Waals surface area contributed by atoms with Crippen LogP contribution in [0.1, 0.15) is 0 Å². The maximum Gasteiger partial charge on any atom is 0.164 e. The number of aromatic nitrogens is 3. The van der Waals surface area contributed by atoms with Gasteiger partial charge in [-0.3, -0.25) is 0 Å². The fourth-order valence-corrected chi connectivity index (χ4v) is 10.1. The molecule has 10 aromatic rings. The first-order valence-corrected chi connectivity index (χ1v) is 19.9. The molecule has 0 fully saturated rings. The highest BCUT2D eigenvalue weighted by Crippen LogP contribution is 2.51. The number of thiophene rings is 1. The van der Waals surface area contributed by atoms with Gasteiger partial charge in [0.2, 0.25) is 0 Å². The van der Waals surface area contributed by atoms with E-state index in [2.05, 4.69) is 150 Å². The van der Waals surface area contributed by atoms with Crippen LogP contribution in [0.4, 0.5) is 17.1 Å². The number of benzene rings is 8. The molecule has 8 aromatic carbocycles. The average Bonchev–Trinajstić information content (AvgIpc) is 3.63. The van der Waals surface area contributed by atoms with Crippen molar-refractivity contribution in [3.63, 3.8) is 0 Å². The van der Waals surface area contributed by atoms with Crippen LogP contribution in [0.5, 0.6) is 0 Å². The van der Waals surface area contributed by atoms with E-state index in [1.807, 2.05) is 59.5 Å². The van der Waals surface area contributed by atoms with Crippen LogP contribution in [0, 0.1) is 0 Å². The van der Waals surface area contributed by atoms with Gasteiger partial charge >= 0.3 is 0 Å². The monoisotopic (exact) mass is 738 g/mol. The van der Waals surface area contributed by atoms with Crippen molar-refractivity contribution >= 4 is 71.1 Å². The SMILES string of the molecule is c1ccc(-c2nc(-c3ccccc3)nc(-c3ccc4c5c(cccc35)-c3ccc(N(c5ccccc5)c5ccc6c(c5)sc5ccccc56)cc3S4)n2)cc1. The lowest BCUT2D eigenvalue weighted by molar-refractivity contribution is 1.08. The van der Waals surface area contributed by atoms with Crippen molar-refractivity contribution < 1.29 is 0 Å². The summed E-state index contributed by atoms with van der Waals surface area (Å²) in [5.41, 5.74) is 8.73. The molecule has 0 saturated carbocycles. The zero-order chi connectivity index (χ0) is 36.3. The topological polar surface area (TPSA) is 41.9 Å². The van der Waals surface area contributed by atoms with E-state index in [9.17, 15) is 0 Å². The zero-order valence-corrected chi connectivity index (χ0v) is 31.1. The Bertz CT molecular complexity index is 3010. The smallest absolute Gasteiger partial charge is 0.164 e. The molecule has 0 N–H and O–H groups in total. The summed E-state index contributed by atoms with van der Waals surface area (Å²) in [5.74, 6) is 1.98. The molecule has 6 heteroatoms. The largest absolute Gasteiger partial charge is 0.310 e. The summed E-state index contributed by atoms with van der Waals surface area (Å²) >= 11 is 3.68. The van der Waals surface area contributed by atoms with Gasteiger partial charge in [0.15, 0.2) is 17.5 Å². The van der Waals surface area contributed by atoms with E-state index < -0.39 is 0 Å². The molecule has 0 bridgehead atoms. The van der Waals surface area contributed by atoms with E-state index >= 15 is 0 Å². The summed E-state index contributed by atoms with van der Waals surface area (Å²) in [6.07, 6.45) is 0. The maximum atomic E-state index is 5.08. The number of fused-ring (bicyclic) bond motifs is 5. The Morgan fingerprint density at radius 3 is 1.73 bits per heavy atom. The molecule has 2 aromatic heterocycles. The van der Waals surface area contributed by atoms with Crippen LogP contribution in [-0.2, 0) is 0 Å². The summed E-state index contributed by atoms with van der Waals surface area (Å²) < 4.78 is 2.60. The third kappa shape index (κ3) is 5.49. The first kappa shape index (κ1) is 31.9. The Balaban J connectivity index is 1.04. The molecule has 0 atom stereocenters. The van der Waals surface area contributed by atoms with Gasteiger partial charge in [-0.2, -0.15) is 0 Å². The molecule has 258 valence electrons. The molecule has 0 aliphatic carbocycles. The van der Waals surface area contributed by atoms with Crippen molar-refractivity contribution in [3.8, 4) is 45.3 Å². The molecule has 55 heavy (non-hydrogen) atoms. The van der Waals surface area contributed by atoms with E-state index in [0.29, 0.717) is 17.5 Å². The van der Waals surface area contributed by atoms with Gasteiger partial charge in [-0.05, 0) is 71.1 Å². The molecule has 4 nitrogen and oxygen atoms in total. The number of anilines is 3. The maximum absolute atomic E-state index is 5.08. The highest BCUT2D eigenvalue weighted by Gasteiger charge is 2.24. The van der Waals surface area contributed by atoms with E-state index in [1.165, 1.54) is 46.5 Å². The van der Waals surface area contributed by atoms with Crippen LogP contribution in [0.25, 0.3) is 76.2 Å². The Morgan fingerprint density at radius 1 is 0.364 bits per heavy atom. The lowest BCUT2D eigenvalue weighted by atomic mass is 9.94. The minimum absolute atomic E-state index is 0.659. The minimum atomic E-state index is 0.659. The second-order valence-electron chi connectivity index (χ2n) is 13.6. The molecule has 0 unspecified atom stereocenters. The third-order valence-electron chi connectivity index (χ3n) is 10.3. The molecule has 0 saturated heterocycles. The van der Waals surface area contributed by atoms with Gasteiger partial charge in [0.25, 0.3) is 0 Å². The summed E-state index contributed by atoms with van der Waals surface area (Å²) in [5, 5.41) is 4.96. The van der Waals surface area contributed by atoms with Gasteiger partial charge in [0.1, 0.15) is 0 Å². The van der Waals surface area contributed by atoms with Crippen LogP contribution in [0.3, 0.4) is 0 Å². The number of hydrogen-bond donors (Lipinski definition) is 0. The molecule has 0 amide bonds. The normalized spacial score (nSPS) is 11.9. The van der Waals surface area contributed by atoms with E-state index in [0.717, 1.165) is 39.1 Å². The molecule has 0 radical (unpaired) electrons. The lowest BCUT2D eigenvalue weighted by Crippen LogP contribution is -2.10. The van der Waals surface area contributed by atoms with Gasteiger partial charge in [0.05, 0.1) is 0 Å². The summed E-state index contributed by atoms with van der Waals surface area (Å²) in [4.78, 5) is 19.9. The van der Waals surface area contributed by atoms with Gasteiger partial charge in [-0.25, -0.2) is 15.0 Å². The molecular weight excluding hydrogens is 709 g/mol. The Hall–Kier alpha value is -6.60. The molecule has 1 aliphatic rings. The standard InChI is InChI=1S/C49H30N4S2/c1-4-13-31(14-5-1)47-50-48(32-15-6-2-7-16-32)52-49(51-47)41-27-28-43-46-39(20-12-21-40(41)46)38-26-24-35(30-45(38)55-43)53(33-17-8-3-9-18-33)34-23-25-37-36-19-10-11-22-42(36)54-44(37)29-34/h1-30H. The average molecular weight is 739 g/mol. The highest BCUT2D eigenvalue weighted by molar-refractivity contribution is 7.99. The fourth-order valence-electron chi connectivity index (χ4n) is 7.76. The predicted octanol–water partition coefficient (Wildman–Crippen LogP) is 14.0. The van der Waals surface area contributed by atoms with Crippen LogP contribution >= 0.6 is 23.1 Å². The van der Waals surface area contributed by atoms with Crippen molar-refractivity contribution in [1.29, 1.82) is 0 Å². The first-order valence-electron chi connectivity index (χ1n) is 18.3. The lowest BCUT2D eigenvalue weighted by Gasteiger charge is -2.28. The quantitative estimate of drug-likeness (QED) is 0.170.